The molecule has 1 saturated heterocycles. The highest BCUT2D eigenvalue weighted by Crippen LogP contribution is 2.53. The van der Waals surface area contributed by atoms with Gasteiger partial charge in [0.15, 0.2) is 5.58 Å². The second-order valence-corrected chi connectivity index (χ2v) is 11.0. The number of morpholine rings is 1. The highest BCUT2D eigenvalue weighted by molar-refractivity contribution is 6.00. The number of carbonyl (C=O) groups is 3. The van der Waals surface area contributed by atoms with Crippen LogP contribution in [-0.4, -0.2) is 59.8 Å². The number of oxazole rings is 1. The van der Waals surface area contributed by atoms with Gasteiger partial charge in [-0.3, -0.25) is 14.4 Å². The Labute approximate surface area is 229 Å². The number of carbonyl (C=O) groups excluding carboxylic acids is 3. The second-order valence-electron chi connectivity index (χ2n) is 11.0. The van der Waals surface area contributed by atoms with E-state index in [0.717, 1.165) is 19.3 Å². The Morgan fingerprint density at radius 3 is 2.44 bits per heavy atom. The van der Waals surface area contributed by atoms with Crippen LogP contribution in [0.4, 0.5) is 0 Å². The van der Waals surface area contributed by atoms with Gasteiger partial charge >= 0.3 is 0 Å². The van der Waals surface area contributed by atoms with Gasteiger partial charge < -0.3 is 19.4 Å². The van der Waals surface area contributed by atoms with Gasteiger partial charge in [0.25, 0.3) is 5.89 Å². The molecule has 1 aliphatic carbocycles. The Morgan fingerprint density at radius 2 is 1.74 bits per heavy atom. The topological polar surface area (TPSA) is 102 Å². The number of hydrogen-bond acceptors (Lipinski definition) is 6. The molecule has 206 valence electrons. The maximum Gasteiger partial charge on any atom is 0.266 e. The number of Topliss-reactive ketones (excluding diaryl/α,β-unsaturated/α-hetero) is 1. The minimum absolute atomic E-state index is 0.000791. The van der Waals surface area contributed by atoms with Gasteiger partial charge in [-0.05, 0) is 55.2 Å². The minimum Gasteiger partial charge on any atom is -0.434 e. The number of amides is 2. The van der Waals surface area contributed by atoms with Crippen molar-refractivity contribution in [1.29, 1.82) is 0 Å². The molecule has 3 aromatic rings. The van der Waals surface area contributed by atoms with Crippen molar-refractivity contribution < 1.29 is 23.5 Å². The Morgan fingerprint density at radius 1 is 1.03 bits per heavy atom. The lowest BCUT2D eigenvalue weighted by molar-refractivity contribution is -0.140. The summed E-state index contributed by atoms with van der Waals surface area (Å²) < 4.78 is 11.1. The largest absolute Gasteiger partial charge is 0.434 e. The summed E-state index contributed by atoms with van der Waals surface area (Å²) in [7, 11) is 0. The fraction of sp³-hybridized carbons (Fsp3) is 0.484. The molecule has 8 nitrogen and oxygen atoms in total. The fourth-order valence-electron chi connectivity index (χ4n) is 5.57. The fourth-order valence-corrected chi connectivity index (χ4v) is 5.57. The third-order valence-electron chi connectivity index (χ3n) is 7.93. The molecule has 2 aromatic carbocycles. The summed E-state index contributed by atoms with van der Waals surface area (Å²) in [5.74, 6) is -1.16. The molecule has 1 N–H and O–H groups in total. The molecule has 0 spiro atoms. The molecule has 5 rings (SSSR count). The Bertz CT molecular complexity index is 1260. The molecule has 2 amide bonds. The van der Waals surface area contributed by atoms with E-state index >= 15 is 0 Å². The van der Waals surface area contributed by atoms with E-state index in [1.165, 1.54) is 5.56 Å². The van der Waals surface area contributed by atoms with Crippen LogP contribution < -0.4 is 5.32 Å². The van der Waals surface area contributed by atoms with Gasteiger partial charge in [-0.15, -0.1) is 0 Å². The van der Waals surface area contributed by atoms with Crippen LogP contribution in [0.2, 0.25) is 0 Å². The van der Waals surface area contributed by atoms with E-state index in [9.17, 15) is 14.4 Å². The molecule has 39 heavy (non-hydrogen) atoms. The van der Waals surface area contributed by atoms with Crippen molar-refractivity contribution in [2.24, 2.45) is 11.3 Å². The van der Waals surface area contributed by atoms with Crippen molar-refractivity contribution in [2.45, 2.75) is 57.9 Å². The van der Waals surface area contributed by atoms with E-state index in [-0.39, 0.29) is 35.3 Å². The van der Waals surface area contributed by atoms with Gasteiger partial charge in [0.2, 0.25) is 17.6 Å². The first-order valence-electron chi connectivity index (χ1n) is 14.1. The maximum absolute atomic E-state index is 13.8. The van der Waals surface area contributed by atoms with Gasteiger partial charge in [0.1, 0.15) is 5.52 Å². The number of nitrogens with one attached hydrogen (secondary N) is 1. The summed E-state index contributed by atoms with van der Waals surface area (Å²) in [6, 6.07) is 16.8. The zero-order valence-electron chi connectivity index (χ0n) is 22.6. The average Bonchev–Trinajstić information content (AvgIpc) is 3.57. The average molecular weight is 532 g/mol. The molecule has 1 saturated carbocycles. The predicted octanol–water partition coefficient (Wildman–Crippen LogP) is 4.57. The lowest BCUT2D eigenvalue weighted by Crippen LogP contribution is -2.46. The summed E-state index contributed by atoms with van der Waals surface area (Å²) >= 11 is 0. The Hall–Kier alpha value is -3.52. The van der Waals surface area contributed by atoms with Gasteiger partial charge in [-0.1, -0.05) is 55.8 Å². The van der Waals surface area contributed by atoms with Crippen molar-refractivity contribution in [3.8, 4) is 0 Å². The number of hydrogen-bond donors (Lipinski definition) is 1. The highest BCUT2D eigenvalue weighted by atomic mass is 16.5. The van der Waals surface area contributed by atoms with Crippen molar-refractivity contribution in [1.82, 2.24) is 15.2 Å². The van der Waals surface area contributed by atoms with Crippen LogP contribution in [-0.2, 0) is 20.7 Å². The number of benzene rings is 2. The zero-order valence-corrected chi connectivity index (χ0v) is 22.6. The lowest BCUT2D eigenvalue weighted by atomic mass is 9.84. The minimum atomic E-state index is -0.763. The molecule has 2 aliphatic rings. The lowest BCUT2D eigenvalue weighted by Gasteiger charge is -2.30. The first-order chi connectivity index (χ1) is 19.0. The third-order valence-corrected chi connectivity index (χ3v) is 7.93. The van der Waals surface area contributed by atoms with Crippen LogP contribution in [0.5, 0.6) is 0 Å². The predicted molar refractivity (Wildman–Crippen MR) is 147 cm³/mol. The molecule has 0 bridgehead atoms. The van der Waals surface area contributed by atoms with Crippen LogP contribution in [0.25, 0.3) is 11.1 Å². The summed E-state index contributed by atoms with van der Waals surface area (Å²) in [5, 5.41) is 3.00. The molecule has 8 heteroatoms. The van der Waals surface area contributed by atoms with E-state index in [1.54, 1.807) is 17.0 Å². The van der Waals surface area contributed by atoms with Crippen LogP contribution in [0.3, 0.4) is 0 Å². The van der Waals surface area contributed by atoms with Gasteiger partial charge in [0, 0.05) is 25.4 Å². The quantitative estimate of drug-likeness (QED) is 0.344. The van der Waals surface area contributed by atoms with Crippen molar-refractivity contribution in [3.63, 3.8) is 0 Å². The molecular weight excluding hydrogens is 494 g/mol. The summed E-state index contributed by atoms with van der Waals surface area (Å²) in [6.07, 6.45) is 4.83. The number of fused-ring (bicyclic) bond motifs is 1. The number of rotatable bonds is 12. The Balaban J connectivity index is 1.33. The molecule has 0 radical (unpaired) electrons. The highest BCUT2D eigenvalue weighted by Gasteiger charge is 2.46. The molecule has 1 unspecified atom stereocenters. The van der Waals surface area contributed by atoms with Crippen LogP contribution in [0.1, 0.15) is 61.7 Å². The summed E-state index contributed by atoms with van der Waals surface area (Å²) in [4.78, 5) is 46.6. The number of ether oxygens (including phenoxy) is 1. The van der Waals surface area contributed by atoms with E-state index in [4.69, 9.17) is 9.15 Å². The number of ketones is 1. The van der Waals surface area contributed by atoms with Crippen LogP contribution >= 0.6 is 0 Å². The first kappa shape index (κ1) is 27.1. The first-order valence-corrected chi connectivity index (χ1v) is 14.1. The van der Waals surface area contributed by atoms with Crippen molar-refractivity contribution >= 4 is 28.7 Å². The standard InChI is InChI=1S/C31H37N3O5/c1-2-8-25(28(36)30-33-24-11-6-7-12-26(24)39-30)32-29(37)23(19-27(35)34-15-17-38-18-16-34)21-31(13-14-31)20-22-9-4-3-5-10-22/h3-7,9-12,23,25H,2,8,13-21H2,1H3,(H,32,37)/t23?,25-/m0/s1. The monoisotopic (exact) mass is 531 g/mol. The van der Waals surface area contributed by atoms with Gasteiger partial charge in [0.05, 0.1) is 19.3 Å². The number of aromatic nitrogens is 1. The molecule has 2 fully saturated rings. The molecule has 2 atom stereocenters. The Kier molecular flexibility index (Phi) is 8.41. The van der Waals surface area contributed by atoms with Crippen molar-refractivity contribution in [2.75, 3.05) is 26.3 Å². The van der Waals surface area contributed by atoms with Gasteiger partial charge in [-0.2, -0.15) is 0 Å². The second kappa shape index (κ2) is 12.1. The third kappa shape index (κ3) is 6.74. The smallest absolute Gasteiger partial charge is 0.266 e. The van der Waals surface area contributed by atoms with Gasteiger partial charge in [-0.25, -0.2) is 4.98 Å². The number of para-hydroxylation sites is 2. The van der Waals surface area contributed by atoms with E-state index in [1.807, 2.05) is 37.3 Å². The summed E-state index contributed by atoms with van der Waals surface area (Å²) in [5.41, 5.74) is 2.38. The van der Waals surface area contributed by atoms with E-state index in [0.29, 0.717) is 56.7 Å². The maximum atomic E-state index is 13.8. The number of nitrogens with zero attached hydrogens (tertiary/aromatic N) is 2. The van der Waals surface area contributed by atoms with Crippen molar-refractivity contribution in [3.05, 3.63) is 66.1 Å². The SMILES string of the molecule is CCC[C@H](NC(=O)C(CC(=O)N1CCOCC1)CC1(Cc2ccccc2)CC1)C(=O)c1nc2ccccc2o1. The van der Waals surface area contributed by atoms with Crippen LogP contribution in [0, 0.1) is 11.3 Å². The van der Waals surface area contributed by atoms with E-state index in [2.05, 4.69) is 22.4 Å². The van der Waals surface area contributed by atoms with E-state index < -0.39 is 12.0 Å². The molecule has 1 aliphatic heterocycles. The molecular formula is C31H37N3O5. The molecule has 1 aromatic heterocycles. The summed E-state index contributed by atoms with van der Waals surface area (Å²) in [6.45, 7) is 4.07. The van der Waals surface area contributed by atoms with Crippen LogP contribution in [0.15, 0.2) is 59.0 Å². The molecule has 2 heterocycles. The normalized spacial score (nSPS) is 17.9. The zero-order chi connectivity index (χ0) is 27.2.